The van der Waals surface area contributed by atoms with E-state index in [1.54, 1.807) is 6.33 Å². The molecule has 0 radical (unpaired) electrons. The molecule has 0 unspecified atom stereocenters. The summed E-state index contributed by atoms with van der Waals surface area (Å²) < 4.78 is 0. The normalized spacial score (nSPS) is 20.5. The van der Waals surface area contributed by atoms with Crippen molar-refractivity contribution in [3.63, 3.8) is 0 Å². The van der Waals surface area contributed by atoms with Crippen molar-refractivity contribution in [3.8, 4) is 0 Å². The van der Waals surface area contributed by atoms with Gasteiger partial charge in [-0.05, 0) is 32.5 Å². The van der Waals surface area contributed by atoms with Crippen LogP contribution in [0.5, 0.6) is 0 Å². The molecule has 1 fully saturated rings. The van der Waals surface area contributed by atoms with Gasteiger partial charge in [-0.3, -0.25) is 10.1 Å². The smallest absolute Gasteiger partial charge is 0.240 e. The van der Waals surface area contributed by atoms with Gasteiger partial charge in [0.15, 0.2) is 0 Å². The summed E-state index contributed by atoms with van der Waals surface area (Å²) in [6.45, 7) is 2.22. The molecule has 1 aliphatic carbocycles. The van der Waals surface area contributed by atoms with Crippen molar-refractivity contribution >= 4 is 5.91 Å². The van der Waals surface area contributed by atoms with Gasteiger partial charge in [0, 0.05) is 31.7 Å². The monoisotopic (exact) mass is 381 g/mol. The summed E-state index contributed by atoms with van der Waals surface area (Å²) in [6.07, 6.45) is 6.97. The average molecular weight is 382 g/mol. The molecular weight excluding hydrogens is 350 g/mol. The molecule has 1 aliphatic heterocycles. The van der Waals surface area contributed by atoms with Crippen molar-refractivity contribution in [1.29, 1.82) is 0 Å². The van der Waals surface area contributed by atoms with Crippen molar-refractivity contribution in [3.05, 3.63) is 53.6 Å². The van der Waals surface area contributed by atoms with Crippen LogP contribution in [0.2, 0.25) is 0 Å². The fraction of sp³-hybridized carbons (Fsp3) is 0.545. The van der Waals surface area contributed by atoms with Gasteiger partial charge in [-0.2, -0.15) is 0 Å². The van der Waals surface area contributed by atoms with Gasteiger partial charge in [0.2, 0.25) is 5.91 Å². The summed E-state index contributed by atoms with van der Waals surface area (Å²) in [6, 6.07) is 10.1. The van der Waals surface area contributed by atoms with Crippen LogP contribution in [0.4, 0.5) is 0 Å². The van der Waals surface area contributed by atoms with E-state index >= 15 is 0 Å². The van der Waals surface area contributed by atoms with Gasteiger partial charge < -0.3 is 14.8 Å². The molecule has 0 bridgehead atoms. The number of likely N-dealkylation sites (N-methyl/N-ethyl adjacent to an activating group) is 1. The lowest BCUT2D eigenvalue weighted by atomic mass is 9.84. The molecule has 1 atom stereocenters. The van der Waals surface area contributed by atoms with Gasteiger partial charge in [-0.1, -0.05) is 43.2 Å². The summed E-state index contributed by atoms with van der Waals surface area (Å²) in [7, 11) is 4.10. The molecule has 4 rings (SSSR count). The Labute approximate surface area is 167 Å². The van der Waals surface area contributed by atoms with E-state index in [0.717, 1.165) is 37.3 Å². The highest BCUT2D eigenvalue weighted by Crippen LogP contribution is 2.42. The number of nitrogens with one attached hydrogen (secondary N) is 2. The second-order valence-electron chi connectivity index (χ2n) is 8.47. The number of fused-ring (bicyclic) bond motifs is 2. The molecule has 2 heterocycles. The first kappa shape index (κ1) is 19.2. The first-order valence-corrected chi connectivity index (χ1v) is 10.4. The topological polar surface area (TPSA) is 64.3 Å². The summed E-state index contributed by atoms with van der Waals surface area (Å²) in [5, 5.41) is 3.74. The lowest BCUT2D eigenvalue weighted by Crippen LogP contribution is -2.58. The van der Waals surface area contributed by atoms with Gasteiger partial charge in [0.25, 0.3) is 0 Å². The predicted octanol–water partition coefficient (Wildman–Crippen LogP) is 2.28. The van der Waals surface area contributed by atoms with Crippen LogP contribution in [0.15, 0.2) is 36.7 Å². The number of aromatic nitrogens is 2. The molecule has 1 saturated carbocycles. The van der Waals surface area contributed by atoms with Crippen molar-refractivity contribution < 1.29 is 4.79 Å². The second kappa shape index (κ2) is 8.05. The quantitative estimate of drug-likeness (QED) is 0.806. The van der Waals surface area contributed by atoms with Crippen LogP contribution in [0.3, 0.4) is 0 Å². The number of imidazole rings is 1. The molecule has 1 aromatic carbocycles. The molecule has 1 spiro atoms. The van der Waals surface area contributed by atoms with Gasteiger partial charge in [0.1, 0.15) is 0 Å². The maximum atomic E-state index is 13.6. The number of aromatic amines is 1. The first-order chi connectivity index (χ1) is 13.6. The van der Waals surface area contributed by atoms with E-state index in [1.807, 2.05) is 23.1 Å². The number of nitrogens with zero attached hydrogens (tertiary/aromatic N) is 3. The van der Waals surface area contributed by atoms with Crippen LogP contribution in [0.25, 0.3) is 0 Å². The number of hydrogen-bond acceptors (Lipinski definition) is 4. The van der Waals surface area contributed by atoms with Gasteiger partial charge in [-0.15, -0.1) is 0 Å². The summed E-state index contributed by atoms with van der Waals surface area (Å²) in [5.74, 6) is 0.192. The van der Waals surface area contributed by atoms with Crippen LogP contribution in [0.1, 0.15) is 42.6 Å². The number of H-pyrrole nitrogens is 1. The minimum atomic E-state index is -0.197. The van der Waals surface area contributed by atoms with E-state index in [0.29, 0.717) is 13.0 Å². The zero-order valence-electron chi connectivity index (χ0n) is 16.9. The van der Waals surface area contributed by atoms with Crippen molar-refractivity contribution in [2.75, 3.05) is 27.2 Å². The zero-order chi connectivity index (χ0) is 19.6. The second-order valence-corrected chi connectivity index (χ2v) is 8.47. The Kier molecular flexibility index (Phi) is 5.51. The van der Waals surface area contributed by atoms with E-state index < -0.39 is 0 Å². The Bertz CT molecular complexity index is 794. The summed E-state index contributed by atoms with van der Waals surface area (Å²) in [5.41, 5.74) is 3.31. The molecule has 6 nitrogen and oxygen atoms in total. The molecular formula is C22H31N5O. The van der Waals surface area contributed by atoms with Gasteiger partial charge in [-0.25, -0.2) is 4.98 Å². The number of rotatable bonds is 6. The summed E-state index contributed by atoms with van der Waals surface area (Å²) in [4.78, 5) is 25.6. The Morgan fingerprint density at radius 2 is 1.93 bits per heavy atom. The van der Waals surface area contributed by atoms with Crippen molar-refractivity contribution in [1.82, 2.24) is 25.1 Å². The van der Waals surface area contributed by atoms with Crippen molar-refractivity contribution in [2.24, 2.45) is 0 Å². The minimum Gasteiger partial charge on any atom is -0.348 e. The molecule has 1 amide bonds. The van der Waals surface area contributed by atoms with E-state index in [9.17, 15) is 4.79 Å². The highest BCUT2D eigenvalue weighted by molar-refractivity contribution is 5.82. The third-order valence-electron chi connectivity index (χ3n) is 6.13. The van der Waals surface area contributed by atoms with Crippen LogP contribution >= 0.6 is 0 Å². The van der Waals surface area contributed by atoms with E-state index in [1.165, 1.54) is 18.4 Å². The number of amides is 1. The van der Waals surface area contributed by atoms with Crippen LogP contribution in [-0.4, -0.2) is 58.9 Å². The fourth-order valence-corrected chi connectivity index (χ4v) is 4.67. The maximum Gasteiger partial charge on any atom is 0.240 e. The maximum absolute atomic E-state index is 13.6. The Morgan fingerprint density at radius 1 is 1.18 bits per heavy atom. The fourth-order valence-electron chi connectivity index (χ4n) is 4.67. The van der Waals surface area contributed by atoms with Crippen LogP contribution in [-0.2, 0) is 23.3 Å². The number of carbonyl (C=O) groups excluding carboxylic acids is 1. The average Bonchev–Trinajstić information content (AvgIpc) is 3.35. The minimum absolute atomic E-state index is 0.131. The van der Waals surface area contributed by atoms with E-state index in [2.05, 4.69) is 46.4 Å². The Hall–Kier alpha value is -2.18. The number of carbonyl (C=O) groups is 1. The molecule has 2 aliphatic rings. The molecule has 2 N–H and O–H groups in total. The zero-order valence-corrected chi connectivity index (χ0v) is 16.9. The number of benzene rings is 1. The third kappa shape index (κ3) is 3.84. The molecule has 28 heavy (non-hydrogen) atoms. The highest BCUT2D eigenvalue weighted by atomic mass is 16.2. The standard InChI is InChI=1S/C22H31N5O/c1-26(2)12-13-27(15-17-8-4-3-5-9-17)21(28)19-14-18-20(24-16-23-18)22(25-19)10-6-7-11-22/h3-5,8-9,16,19,25H,6-7,10-15H2,1-2H3,(H,23,24)/t19-/m0/s1. The lowest BCUT2D eigenvalue weighted by molar-refractivity contribution is -0.135. The summed E-state index contributed by atoms with van der Waals surface area (Å²) >= 11 is 0. The molecule has 2 aromatic rings. The van der Waals surface area contributed by atoms with E-state index in [4.69, 9.17) is 0 Å². The Balaban J connectivity index is 1.56. The van der Waals surface area contributed by atoms with Gasteiger partial charge in [0.05, 0.1) is 23.6 Å². The van der Waals surface area contributed by atoms with Gasteiger partial charge >= 0.3 is 0 Å². The molecule has 0 saturated heterocycles. The largest absolute Gasteiger partial charge is 0.348 e. The Morgan fingerprint density at radius 3 is 2.64 bits per heavy atom. The number of hydrogen-bond donors (Lipinski definition) is 2. The van der Waals surface area contributed by atoms with E-state index in [-0.39, 0.29) is 17.5 Å². The predicted molar refractivity (Wildman–Crippen MR) is 110 cm³/mol. The third-order valence-corrected chi connectivity index (χ3v) is 6.13. The molecule has 6 heteroatoms. The lowest BCUT2D eigenvalue weighted by Gasteiger charge is -2.40. The molecule has 1 aromatic heterocycles. The molecule has 150 valence electrons. The first-order valence-electron chi connectivity index (χ1n) is 10.4. The SMILES string of the molecule is CN(C)CCN(Cc1ccccc1)C(=O)[C@@H]1Cc2[nH]cnc2C2(CCCC2)N1. The van der Waals surface area contributed by atoms with Crippen molar-refractivity contribution in [2.45, 2.75) is 50.2 Å². The van der Waals surface area contributed by atoms with Crippen LogP contribution < -0.4 is 5.32 Å². The highest BCUT2D eigenvalue weighted by Gasteiger charge is 2.46. The van der Waals surface area contributed by atoms with Crippen LogP contribution in [0, 0.1) is 0 Å².